The zero-order chi connectivity index (χ0) is 28.1. The molecule has 1 heteroatoms. The number of rotatable bonds is 9. The van der Waals surface area contributed by atoms with Gasteiger partial charge >= 0.3 is 253 Å². The topological polar surface area (TPSA) is 0 Å². The van der Waals surface area contributed by atoms with E-state index >= 15 is 0 Å². The van der Waals surface area contributed by atoms with Crippen LogP contribution in [0.1, 0.15) is 81.0 Å². The van der Waals surface area contributed by atoms with Crippen molar-refractivity contribution in [3.8, 4) is 11.1 Å². The van der Waals surface area contributed by atoms with E-state index < -0.39 is 20.3 Å². The van der Waals surface area contributed by atoms with Gasteiger partial charge in [0.2, 0.25) is 0 Å². The third-order valence-corrected chi connectivity index (χ3v) is 24.0. The number of unbranched alkanes of at least 4 members (excludes halogenated alkanes) is 1. The predicted octanol–water partition coefficient (Wildman–Crippen LogP) is 12.2. The second kappa shape index (κ2) is 11.0. The van der Waals surface area contributed by atoms with Crippen LogP contribution in [0.3, 0.4) is 0 Å². The van der Waals surface area contributed by atoms with E-state index in [2.05, 4.69) is 125 Å². The van der Waals surface area contributed by atoms with Crippen molar-refractivity contribution >= 4 is 22.9 Å². The standard InChI is InChI=1S/C34H31.C4H9.C2H4.Zr/c1-4-24(21-31-22(2)19-32-27-14-9-8-13-26(27)17-18-29(31)32)34-23(3)20-33-28(15-10-16-30(33)34)25-11-6-5-7-12-25;1-3-4-2;1-2;/h5-21,24,31,34H,4H2,1-3H3;1,3-4H2,2H3;1-2H2;. The Labute approximate surface area is 252 Å². The van der Waals surface area contributed by atoms with Crippen LogP contribution >= 0.6 is 0 Å². The van der Waals surface area contributed by atoms with Crippen LogP contribution < -0.4 is 0 Å². The number of allylic oxidation sites excluding steroid dienone is 2. The first kappa shape index (κ1) is 27.3. The fraction of sp³-hybridized carbons (Fsp3) is 0.350. The summed E-state index contributed by atoms with van der Waals surface area (Å²) in [5.41, 5.74) is 12.2. The summed E-state index contributed by atoms with van der Waals surface area (Å²) < 4.78 is 5.66. The molecule has 208 valence electrons. The molecule has 4 atom stereocenters. The van der Waals surface area contributed by atoms with Crippen LogP contribution in [0.5, 0.6) is 0 Å². The molecule has 1 fully saturated rings. The first-order valence-electron chi connectivity index (χ1n) is 16.1. The van der Waals surface area contributed by atoms with Gasteiger partial charge in [-0.15, -0.1) is 0 Å². The van der Waals surface area contributed by atoms with Crippen molar-refractivity contribution < 1.29 is 20.3 Å². The molecule has 41 heavy (non-hydrogen) atoms. The van der Waals surface area contributed by atoms with Crippen molar-refractivity contribution in [2.75, 3.05) is 0 Å². The molecule has 4 unspecified atom stereocenters. The zero-order valence-electron chi connectivity index (χ0n) is 25.3. The molecular weight excluding hydrogens is 572 g/mol. The Kier molecular flexibility index (Phi) is 7.31. The van der Waals surface area contributed by atoms with Crippen LogP contribution in [0.25, 0.3) is 34.1 Å². The summed E-state index contributed by atoms with van der Waals surface area (Å²) in [6.07, 6.45) is 9.20. The average Bonchev–Trinajstić information content (AvgIpc) is 3.61. The third kappa shape index (κ3) is 4.59. The minimum absolute atomic E-state index is 0.539. The van der Waals surface area contributed by atoms with Crippen LogP contribution in [-0.2, 0) is 20.3 Å². The Balaban J connectivity index is 1.37. The van der Waals surface area contributed by atoms with Crippen LogP contribution in [0.2, 0.25) is 16.0 Å². The summed E-state index contributed by atoms with van der Waals surface area (Å²) in [6.45, 7) is 9.83. The maximum absolute atomic E-state index is 2.59. The monoisotopic (exact) mass is 614 g/mol. The van der Waals surface area contributed by atoms with Crippen molar-refractivity contribution in [1.82, 2.24) is 0 Å². The molecule has 7 rings (SSSR count). The number of benzene rings is 4. The van der Waals surface area contributed by atoms with Gasteiger partial charge in [0, 0.05) is 0 Å². The molecule has 1 aliphatic heterocycles. The summed E-state index contributed by atoms with van der Waals surface area (Å²) in [4.78, 5) is 0. The van der Waals surface area contributed by atoms with E-state index in [9.17, 15) is 0 Å². The molecule has 4 aromatic rings. The summed E-state index contributed by atoms with van der Waals surface area (Å²) in [5, 5.41) is 2.83. The van der Waals surface area contributed by atoms with Crippen LogP contribution in [0, 0.1) is 5.92 Å². The van der Waals surface area contributed by atoms with Gasteiger partial charge in [-0.25, -0.2) is 0 Å². The molecule has 0 radical (unpaired) electrons. The Bertz CT molecular complexity index is 1650. The molecule has 0 spiro atoms. The van der Waals surface area contributed by atoms with Crippen molar-refractivity contribution in [3.05, 3.63) is 118 Å². The van der Waals surface area contributed by atoms with Gasteiger partial charge in [0.1, 0.15) is 0 Å². The van der Waals surface area contributed by atoms with Crippen molar-refractivity contribution in [2.24, 2.45) is 5.92 Å². The molecule has 0 saturated carbocycles. The van der Waals surface area contributed by atoms with Gasteiger partial charge in [0.15, 0.2) is 0 Å². The second-order valence-corrected chi connectivity index (χ2v) is 25.3. The minimum atomic E-state index is -2.35. The van der Waals surface area contributed by atoms with E-state index in [4.69, 9.17) is 0 Å². The first-order valence-corrected chi connectivity index (χ1v) is 22.8. The molecule has 0 N–H and O–H groups in total. The van der Waals surface area contributed by atoms with Crippen LogP contribution in [0.15, 0.2) is 96.1 Å². The molecule has 2 aliphatic carbocycles. The van der Waals surface area contributed by atoms with Crippen LogP contribution in [-0.4, -0.2) is 0 Å². The predicted molar refractivity (Wildman–Crippen MR) is 175 cm³/mol. The van der Waals surface area contributed by atoms with Crippen molar-refractivity contribution in [2.45, 2.75) is 74.8 Å². The van der Waals surface area contributed by atoms with Gasteiger partial charge in [0.25, 0.3) is 0 Å². The number of hydrogen-bond donors (Lipinski definition) is 0. The quantitative estimate of drug-likeness (QED) is 0.176. The van der Waals surface area contributed by atoms with Gasteiger partial charge in [-0.2, -0.15) is 0 Å². The van der Waals surface area contributed by atoms with E-state index in [0.29, 0.717) is 17.8 Å². The van der Waals surface area contributed by atoms with Gasteiger partial charge < -0.3 is 0 Å². The van der Waals surface area contributed by atoms with E-state index in [1.54, 1.807) is 34.7 Å². The fourth-order valence-electron chi connectivity index (χ4n) is 8.99. The second-order valence-electron chi connectivity index (χ2n) is 13.3. The van der Waals surface area contributed by atoms with Gasteiger partial charge in [-0.05, 0) is 0 Å². The molecule has 3 aliphatic rings. The van der Waals surface area contributed by atoms with Gasteiger partial charge in [0.05, 0.1) is 0 Å². The van der Waals surface area contributed by atoms with E-state index in [1.807, 2.05) is 0 Å². The fourth-order valence-corrected chi connectivity index (χ4v) is 26.8. The Morgan fingerprint density at radius 3 is 2.17 bits per heavy atom. The first-order chi connectivity index (χ1) is 20.1. The summed E-state index contributed by atoms with van der Waals surface area (Å²) in [7, 11) is 0. The molecular formula is C40H44Zr. The van der Waals surface area contributed by atoms with Crippen molar-refractivity contribution in [1.29, 1.82) is 0 Å². The maximum atomic E-state index is 2.59. The van der Waals surface area contributed by atoms with E-state index in [0.717, 1.165) is 3.63 Å². The van der Waals surface area contributed by atoms with Gasteiger partial charge in [-0.1, -0.05) is 0 Å². The Morgan fingerprint density at radius 2 is 1.41 bits per heavy atom. The summed E-state index contributed by atoms with van der Waals surface area (Å²) in [5.74, 6) is 1.85. The van der Waals surface area contributed by atoms with E-state index in [1.165, 1.54) is 52.3 Å². The SMILES string of the molecule is CCC[CH2][Zr]1([CH](C2C(C)=Cc3c2ccc2ccccc32)C(CC)C2C(C)=Cc3c(-c4ccccc4)cccc32)[CH2][CH2]1. The number of hydrogen-bond acceptors (Lipinski definition) is 0. The molecule has 1 saturated heterocycles. The molecule has 0 nitrogen and oxygen atoms in total. The summed E-state index contributed by atoms with van der Waals surface area (Å²) in [6, 6.07) is 32.2. The van der Waals surface area contributed by atoms with Crippen molar-refractivity contribution in [3.63, 3.8) is 0 Å². The average molecular weight is 616 g/mol. The summed E-state index contributed by atoms with van der Waals surface area (Å²) >= 11 is -2.35. The molecule has 0 bridgehead atoms. The van der Waals surface area contributed by atoms with Crippen LogP contribution in [0.4, 0.5) is 0 Å². The van der Waals surface area contributed by atoms with Gasteiger partial charge in [-0.3, -0.25) is 0 Å². The van der Waals surface area contributed by atoms with E-state index in [-0.39, 0.29) is 0 Å². The normalized spacial score (nSPS) is 21.7. The molecule has 1 heterocycles. The zero-order valence-corrected chi connectivity index (χ0v) is 27.7. The Hall–Kier alpha value is -2.50. The number of fused-ring (bicyclic) bond motifs is 4. The Morgan fingerprint density at radius 1 is 0.707 bits per heavy atom. The third-order valence-electron chi connectivity index (χ3n) is 11.0. The molecule has 0 aromatic heterocycles. The molecule has 4 aromatic carbocycles. The molecule has 0 amide bonds.